The third kappa shape index (κ3) is 3.38. The molecule has 3 aromatic rings. The minimum absolute atomic E-state index is 0.705. The molecule has 4 rings (SSSR count). The van der Waals surface area contributed by atoms with E-state index < -0.39 is 0 Å². The molecule has 5 nitrogen and oxygen atoms in total. The molecule has 2 aromatic heterocycles. The Hall–Kier alpha value is -2.57. The van der Waals surface area contributed by atoms with E-state index in [9.17, 15) is 0 Å². The van der Waals surface area contributed by atoms with Gasteiger partial charge in [0.15, 0.2) is 10.6 Å². The highest BCUT2D eigenvalue weighted by molar-refractivity contribution is 7.71. The average Bonchev–Trinajstić information content (AvgIpc) is 2.98. The van der Waals surface area contributed by atoms with Crippen LogP contribution >= 0.6 is 12.2 Å². The van der Waals surface area contributed by atoms with E-state index in [2.05, 4.69) is 46.3 Å². The molecule has 0 amide bonds. The van der Waals surface area contributed by atoms with Gasteiger partial charge in [0.2, 0.25) is 0 Å². The zero-order valence-corrected chi connectivity index (χ0v) is 15.6. The minimum atomic E-state index is 0.705. The molecule has 1 aromatic carbocycles. The number of benzene rings is 1. The molecule has 0 bridgehead atoms. The summed E-state index contributed by atoms with van der Waals surface area (Å²) >= 11 is 5.59. The fraction of sp³-hybridized carbons (Fsp3) is 0.250. The van der Waals surface area contributed by atoms with Gasteiger partial charge in [-0.1, -0.05) is 36.4 Å². The van der Waals surface area contributed by atoms with Crippen LogP contribution in [0.5, 0.6) is 0 Å². The zero-order valence-electron chi connectivity index (χ0n) is 14.7. The van der Waals surface area contributed by atoms with Crippen LogP contribution in [0.4, 0.5) is 0 Å². The van der Waals surface area contributed by atoms with Crippen molar-refractivity contribution in [1.82, 2.24) is 24.2 Å². The molecule has 1 aliphatic heterocycles. The Bertz CT molecular complexity index is 972. The SMILES string of the molecule is Cn1c(-c2ccncc2)nn(CN2CC=C(c3ccccc3)CC2)c1=S. The highest BCUT2D eigenvalue weighted by atomic mass is 32.1. The van der Waals surface area contributed by atoms with Crippen LogP contribution in [0.15, 0.2) is 60.9 Å². The first-order valence-corrected chi connectivity index (χ1v) is 9.14. The van der Waals surface area contributed by atoms with Gasteiger partial charge in [0, 0.05) is 38.1 Å². The maximum Gasteiger partial charge on any atom is 0.199 e. The molecule has 132 valence electrons. The Balaban J connectivity index is 1.51. The molecule has 0 unspecified atom stereocenters. The highest BCUT2D eigenvalue weighted by Gasteiger charge is 2.16. The van der Waals surface area contributed by atoms with Gasteiger partial charge in [0.25, 0.3) is 0 Å². The maximum absolute atomic E-state index is 5.59. The van der Waals surface area contributed by atoms with Crippen molar-refractivity contribution in [2.75, 3.05) is 13.1 Å². The number of pyridine rings is 1. The number of rotatable bonds is 4. The van der Waals surface area contributed by atoms with Crippen LogP contribution in [-0.2, 0) is 13.7 Å². The van der Waals surface area contributed by atoms with E-state index in [4.69, 9.17) is 17.3 Å². The van der Waals surface area contributed by atoms with Crippen molar-refractivity contribution < 1.29 is 0 Å². The second kappa shape index (κ2) is 7.35. The summed E-state index contributed by atoms with van der Waals surface area (Å²) in [6.07, 6.45) is 6.91. The van der Waals surface area contributed by atoms with Crippen molar-refractivity contribution in [2.45, 2.75) is 13.1 Å². The third-order valence-electron chi connectivity index (χ3n) is 4.75. The van der Waals surface area contributed by atoms with Crippen LogP contribution in [0.25, 0.3) is 17.0 Å². The van der Waals surface area contributed by atoms with Crippen LogP contribution in [0.2, 0.25) is 0 Å². The molecule has 1 aliphatic rings. The second-order valence-corrected chi connectivity index (χ2v) is 6.83. The summed E-state index contributed by atoms with van der Waals surface area (Å²) in [6, 6.07) is 14.5. The fourth-order valence-electron chi connectivity index (χ4n) is 3.28. The van der Waals surface area contributed by atoms with Crippen molar-refractivity contribution >= 4 is 17.8 Å². The minimum Gasteiger partial charge on any atom is -0.303 e. The van der Waals surface area contributed by atoms with Crippen LogP contribution < -0.4 is 0 Å². The Morgan fingerprint density at radius 2 is 1.81 bits per heavy atom. The number of aromatic nitrogens is 4. The lowest BCUT2D eigenvalue weighted by atomic mass is 10.00. The van der Waals surface area contributed by atoms with Crippen molar-refractivity contribution in [1.29, 1.82) is 0 Å². The third-order valence-corrected chi connectivity index (χ3v) is 5.24. The van der Waals surface area contributed by atoms with Gasteiger partial charge in [-0.3, -0.25) is 9.88 Å². The fourth-order valence-corrected chi connectivity index (χ4v) is 3.46. The van der Waals surface area contributed by atoms with E-state index in [1.54, 1.807) is 12.4 Å². The summed E-state index contributed by atoms with van der Waals surface area (Å²) in [5.41, 5.74) is 3.77. The van der Waals surface area contributed by atoms with Gasteiger partial charge in [-0.15, -0.1) is 0 Å². The summed E-state index contributed by atoms with van der Waals surface area (Å²) in [7, 11) is 1.96. The number of hydrogen-bond donors (Lipinski definition) is 0. The monoisotopic (exact) mass is 363 g/mol. The zero-order chi connectivity index (χ0) is 17.9. The molecule has 0 radical (unpaired) electrons. The molecule has 0 atom stereocenters. The van der Waals surface area contributed by atoms with Crippen LogP contribution in [0.1, 0.15) is 12.0 Å². The molecular formula is C20H21N5S. The standard InChI is InChI=1S/C20H21N5S/c1-23-19(18-7-11-21-12-8-18)22-25(20(23)26)15-24-13-9-17(10-14-24)16-5-3-2-4-6-16/h2-9,11-12H,10,13-15H2,1H3. The lowest BCUT2D eigenvalue weighted by molar-refractivity contribution is 0.226. The largest absolute Gasteiger partial charge is 0.303 e. The Labute approximate surface area is 158 Å². The first-order chi connectivity index (χ1) is 12.7. The summed E-state index contributed by atoms with van der Waals surface area (Å²) in [4.78, 5) is 6.44. The molecule has 0 saturated heterocycles. The van der Waals surface area contributed by atoms with Crippen molar-refractivity contribution in [3.8, 4) is 11.4 Å². The predicted octanol–water partition coefficient (Wildman–Crippen LogP) is 3.76. The first kappa shape index (κ1) is 16.9. The van der Waals surface area contributed by atoms with Gasteiger partial charge in [0.1, 0.15) is 0 Å². The normalized spacial score (nSPS) is 15.0. The molecule has 26 heavy (non-hydrogen) atoms. The van der Waals surface area contributed by atoms with E-state index in [-0.39, 0.29) is 0 Å². The topological polar surface area (TPSA) is 38.9 Å². The number of nitrogens with zero attached hydrogens (tertiary/aromatic N) is 5. The van der Waals surface area contributed by atoms with Crippen LogP contribution in [0, 0.1) is 4.77 Å². The Morgan fingerprint density at radius 3 is 2.50 bits per heavy atom. The first-order valence-electron chi connectivity index (χ1n) is 8.73. The van der Waals surface area contributed by atoms with Gasteiger partial charge in [0.05, 0.1) is 6.67 Å². The molecule has 0 N–H and O–H groups in total. The maximum atomic E-state index is 5.59. The quantitative estimate of drug-likeness (QED) is 0.662. The molecule has 3 heterocycles. The lowest BCUT2D eigenvalue weighted by Crippen LogP contribution is -2.31. The van der Waals surface area contributed by atoms with E-state index in [0.717, 1.165) is 35.7 Å². The average molecular weight is 363 g/mol. The van der Waals surface area contributed by atoms with Gasteiger partial charge in [-0.05, 0) is 41.9 Å². The molecule has 0 saturated carbocycles. The van der Waals surface area contributed by atoms with Crippen LogP contribution in [-0.4, -0.2) is 37.3 Å². The predicted molar refractivity (Wildman–Crippen MR) is 106 cm³/mol. The second-order valence-electron chi connectivity index (χ2n) is 6.46. The molecule has 6 heteroatoms. The van der Waals surface area contributed by atoms with Crippen molar-refractivity contribution in [3.05, 3.63) is 71.3 Å². The number of hydrogen-bond acceptors (Lipinski definition) is 4. The Morgan fingerprint density at radius 1 is 1.04 bits per heavy atom. The Kier molecular flexibility index (Phi) is 4.77. The van der Waals surface area contributed by atoms with E-state index in [1.807, 2.05) is 28.4 Å². The summed E-state index contributed by atoms with van der Waals surface area (Å²) in [5.74, 6) is 0.870. The van der Waals surface area contributed by atoms with Gasteiger partial charge < -0.3 is 4.57 Å². The molecule has 0 aliphatic carbocycles. The molecule has 0 spiro atoms. The lowest BCUT2D eigenvalue weighted by Gasteiger charge is -2.26. The van der Waals surface area contributed by atoms with Gasteiger partial charge >= 0.3 is 0 Å². The van der Waals surface area contributed by atoms with E-state index in [1.165, 1.54) is 11.1 Å². The summed E-state index contributed by atoms with van der Waals surface area (Å²) in [5, 5.41) is 4.74. The molecule has 0 fully saturated rings. The molecular weight excluding hydrogens is 342 g/mol. The van der Waals surface area contributed by atoms with E-state index >= 15 is 0 Å². The van der Waals surface area contributed by atoms with Crippen molar-refractivity contribution in [2.24, 2.45) is 7.05 Å². The smallest absolute Gasteiger partial charge is 0.199 e. The van der Waals surface area contributed by atoms with Gasteiger partial charge in [-0.2, -0.15) is 5.10 Å². The summed E-state index contributed by atoms with van der Waals surface area (Å²) < 4.78 is 4.60. The van der Waals surface area contributed by atoms with Crippen molar-refractivity contribution in [3.63, 3.8) is 0 Å². The van der Waals surface area contributed by atoms with Crippen LogP contribution in [0.3, 0.4) is 0 Å². The summed E-state index contributed by atoms with van der Waals surface area (Å²) in [6.45, 7) is 2.62. The highest BCUT2D eigenvalue weighted by Crippen LogP contribution is 2.22. The van der Waals surface area contributed by atoms with E-state index in [0.29, 0.717) is 6.67 Å². The van der Waals surface area contributed by atoms with Gasteiger partial charge in [-0.25, -0.2) is 4.68 Å².